The van der Waals surface area contributed by atoms with Gasteiger partial charge in [0.25, 0.3) is 0 Å². The molecule has 0 spiro atoms. The van der Waals surface area contributed by atoms with Gasteiger partial charge in [0.1, 0.15) is 0 Å². The minimum absolute atomic E-state index is 0.348. The third-order valence-electron chi connectivity index (χ3n) is 2.82. The van der Waals surface area contributed by atoms with Crippen LogP contribution in [0.5, 0.6) is 0 Å². The Labute approximate surface area is 93.1 Å². The van der Waals surface area contributed by atoms with Crippen LogP contribution in [0.25, 0.3) is 0 Å². The van der Waals surface area contributed by atoms with E-state index in [4.69, 9.17) is 11.6 Å². The SMILES string of the molecule is CC1CCCCC1Nc1nc(Cl)ns1. The normalized spacial score (nSPS) is 27.6. The predicted octanol–water partition coefficient (Wildman–Crippen LogP) is 3.18. The molecule has 2 atom stereocenters. The molecule has 78 valence electrons. The number of hydrogen-bond acceptors (Lipinski definition) is 4. The average Bonchev–Trinajstić information content (AvgIpc) is 2.56. The van der Waals surface area contributed by atoms with Gasteiger partial charge in [0.2, 0.25) is 10.4 Å². The van der Waals surface area contributed by atoms with E-state index < -0.39 is 0 Å². The molecule has 1 aliphatic carbocycles. The van der Waals surface area contributed by atoms with Gasteiger partial charge in [-0.3, -0.25) is 0 Å². The molecule has 1 heterocycles. The van der Waals surface area contributed by atoms with Crippen LogP contribution in [0.15, 0.2) is 0 Å². The highest BCUT2D eigenvalue weighted by Gasteiger charge is 2.21. The lowest BCUT2D eigenvalue weighted by Crippen LogP contribution is -2.30. The largest absolute Gasteiger partial charge is 0.357 e. The van der Waals surface area contributed by atoms with E-state index in [-0.39, 0.29) is 0 Å². The molecule has 1 N–H and O–H groups in total. The summed E-state index contributed by atoms with van der Waals surface area (Å²) in [6.07, 6.45) is 5.22. The first-order chi connectivity index (χ1) is 6.75. The molecule has 1 aliphatic rings. The third-order valence-corrected chi connectivity index (χ3v) is 3.74. The molecule has 2 rings (SSSR count). The van der Waals surface area contributed by atoms with Gasteiger partial charge in [0.05, 0.1) is 0 Å². The second-order valence-electron chi connectivity index (χ2n) is 3.88. The highest BCUT2D eigenvalue weighted by Crippen LogP contribution is 2.27. The van der Waals surface area contributed by atoms with Gasteiger partial charge in [0, 0.05) is 17.6 Å². The molecule has 0 radical (unpaired) electrons. The monoisotopic (exact) mass is 231 g/mol. The van der Waals surface area contributed by atoms with Gasteiger partial charge in [-0.2, -0.15) is 9.36 Å². The van der Waals surface area contributed by atoms with E-state index in [0.29, 0.717) is 11.3 Å². The third kappa shape index (κ3) is 2.36. The van der Waals surface area contributed by atoms with Crippen molar-refractivity contribution in [1.29, 1.82) is 0 Å². The van der Waals surface area contributed by atoms with E-state index in [1.807, 2.05) is 0 Å². The lowest BCUT2D eigenvalue weighted by atomic mass is 9.86. The molecule has 0 saturated heterocycles. The van der Waals surface area contributed by atoms with Crippen LogP contribution in [0.3, 0.4) is 0 Å². The van der Waals surface area contributed by atoms with Crippen LogP contribution in [0.2, 0.25) is 5.28 Å². The molecule has 1 fully saturated rings. The van der Waals surface area contributed by atoms with Crippen molar-refractivity contribution in [3.8, 4) is 0 Å². The van der Waals surface area contributed by atoms with Gasteiger partial charge in [0.15, 0.2) is 0 Å². The zero-order valence-electron chi connectivity index (χ0n) is 8.16. The van der Waals surface area contributed by atoms with Crippen molar-refractivity contribution >= 4 is 28.3 Å². The Morgan fingerprint density at radius 3 is 2.86 bits per heavy atom. The summed E-state index contributed by atoms with van der Waals surface area (Å²) in [4.78, 5) is 4.10. The van der Waals surface area contributed by atoms with Crippen molar-refractivity contribution in [3.63, 3.8) is 0 Å². The van der Waals surface area contributed by atoms with Crippen LogP contribution in [-0.4, -0.2) is 15.4 Å². The van der Waals surface area contributed by atoms with Crippen LogP contribution in [0.1, 0.15) is 32.6 Å². The highest BCUT2D eigenvalue weighted by atomic mass is 35.5. The molecule has 1 aromatic heterocycles. The van der Waals surface area contributed by atoms with Crippen molar-refractivity contribution in [3.05, 3.63) is 5.28 Å². The smallest absolute Gasteiger partial charge is 0.236 e. The van der Waals surface area contributed by atoms with Crippen molar-refractivity contribution in [1.82, 2.24) is 9.36 Å². The van der Waals surface area contributed by atoms with E-state index in [1.165, 1.54) is 37.2 Å². The van der Waals surface area contributed by atoms with E-state index in [9.17, 15) is 0 Å². The number of halogens is 1. The Bertz CT molecular complexity index is 302. The van der Waals surface area contributed by atoms with Crippen LogP contribution >= 0.6 is 23.1 Å². The maximum atomic E-state index is 5.66. The van der Waals surface area contributed by atoms with Gasteiger partial charge < -0.3 is 5.32 Å². The lowest BCUT2D eigenvalue weighted by molar-refractivity contribution is 0.349. The predicted molar refractivity (Wildman–Crippen MR) is 60.0 cm³/mol. The lowest BCUT2D eigenvalue weighted by Gasteiger charge is -2.29. The summed E-state index contributed by atoms with van der Waals surface area (Å²) in [6, 6.07) is 0.549. The fraction of sp³-hybridized carbons (Fsp3) is 0.778. The second kappa shape index (κ2) is 4.45. The number of nitrogens with zero attached hydrogens (tertiary/aromatic N) is 2. The Morgan fingerprint density at radius 2 is 2.21 bits per heavy atom. The Hall–Kier alpha value is -0.350. The van der Waals surface area contributed by atoms with Crippen LogP contribution in [-0.2, 0) is 0 Å². The van der Waals surface area contributed by atoms with Crippen LogP contribution in [0, 0.1) is 5.92 Å². The molecule has 14 heavy (non-hydrogen) atoms. The van der Waals surface area contributed by atoms with Crippen molar-refractivity contribution in [2.45, 2.75) is 38.6 Å². The summed E-state index contributed by atoms with van der Waals surface area (Å²) >= 11 is 7.00. The Balaban J connectivity index is 1.95. The maximum absolute atomic E-state index is 5.66. The minimum atomic E-state index is 0.348. The number of rotatable bonds is 2. The van der Waals surface area contributed by atoms with E-state index in [2.05, 4.69) is 21.6 Å². The second-order valence-corrected chi connectivity index (χ2v) is 4.97. The first kappa shape index (κ1) is 10.2. The summed E-state index contributed by atoms with van der Waals surface area (Å²) in [7, 11) is 0. The number of hydrogen-bond donors (Lipinski definition) is 1. The van der Waals surface area contributed by atoms with Gasteiger partial charge in [-0.15, -0.1) is 0 Å². The summed E-state index contributed by atoms with van der Waals surface area (Å²) < 4.78 is 3.94. The first-order valence-electron chi connectivity index (χ1n) is 5.01. The average molecular weight is 232 g/mol. The quantitative estimate of drug-likeness (QED) is 0.850. The first-order valence-corrected chi connectivity index (χ1v) is 6.16. The maximum Gasteiger partial charge on any atom is 0.236 e. The van der Waals surface area contributed by atoms with E-state index in [0.717, 1.165) is 11.0 Å². The Morgan fingerprint density at radius 1 is 1.43 bits per heavy atom. The fourth-order valence-electron chi connectivity index (χ4n) is 1.95. The van der Waals surface area contributed by atoms with Crippen molar-refractivity contribution in [2.75, 3.05) is 5.32 Å². The van der Waals surface area contributed by atoms with Crippen molar-refractivity contribution < 1.29 is 0 Å². The molecule has 1 saturated carbocycles. The summed E-state index contributed by atoms with van der Waals surface area (Å²) in [5, 5.41) is 4.62. The highest BCUT2D eigenvalue weighted by molar-refractivity contribution is 7.09. The molecule has 0 aliphatic heterocycles. The van der Waals surface area contributed by atoms with E-state index >= 15 is 0 Å². The molecule has 0 aromatic carbocycles. The molecule has 3 nitrogen and oxygen atoms in total. The minimum Gasteiger partial charge on any atom is -0.357 e. The fourth-order valence-corrected chi connectivity index (χ4v) is 2.73. The molecule has 0 amide bonds. The summed E-state index contributed by atoms with van der Waals surface area (Å²) in [5.74, 6) is 0.728. The summed E-state index contributed by atoms with van der Waals surface area (Å²) in [5.41, 5.74) is 0. The Kier molecular flexibility index (Phi) is 3.23. The van der Waals surface area contributed by atoms with Gasteiger partial charge in [-0.25, -0.2) is 0 Å². The van der Waals surface area contributed by atoms with Crippen LogP contribution in [0.4, 0.5) is 5.13 Å². The standard InChI is InChI=1S/C9H14ClN3S/c1-6-4-2-3-5-7(6)11-9-12-8(10)13-14-9/h6-7H,2-5H2,1H3,(H,11,12,13). The molecular formula is C9H14ClN3S. The number of anilines is 1. The molecule has 2 unspecified atom stereocenters. The molecule has 1 aromatic rings. The van der Waals surface area contributed by atoms with Gasteiger partial charge in [-0.1, -0.05) is 19.8 Å². The van der Waals surface area contributed by atoms with E-state index in [1.54, 1.807) is 0 Å². The number of nitrogens with one attached hydrogen (secondary N) is 1. The zero-order chi connectivity index (χ0) is 9.97. The van der Waals surface area contributed by atoms with Gasteiger partial charge >= 0.3 is 0 Å². The van der Waals surface area contributed by atoms with Gasteiger partial charge in [-0.05, 0) is 30.4 Å². The molecule has 5 heteroatoms. The topological polar surface area (TPSA) is 37.8 Å². The zero-order valence-corrected chi connectivity index (χ0v) is 9.74. The number of aromatic nitrogens is 2. The molecule has 0 bridgehead atoms. The van der Waals surface area contributed by atoms with Crippen molar-refractivity contribution in [2.24, 2.45) is 5.92 Å². The summed E-state index contributed by atoms with van der Waals surface area (Å²) in [6.45, 7) is 2.29. The molecular weight excluding hydrogens is 218 g/mol. The van der Waals surface area contributed by atoms with Crippen LogP contribution < -0.4 is 5.32 Å².